The van der Waals surface area contributed by atoms with Crippen molar-refractivity contribution < 1.29 is 4.74 Å². The summed E-state index contributed by atoms with van der Waals surface area (Å²) in [6, 6.07) is 8.21. The predicted octanol–water partition coefficient (Wildman–Crippen LogP) is 3.41. The SMILES string of the molecule is Cc1nnc(NCCCOCC(C)C)c2ccccc12. The summed E-state index contributed by atoms with van der Waals surface area (Å²) >= 11 is 0. The van der Waals surface area contributed by atoms with Gasteiger partial charge in [0, 0.05) is 30.5 Å². The van der Waals surface area contributed by atoms with Gasteiger partial charge in [0.2, 0.25) is 0 Å². The van der Waals surface area contributed by atoms with Gasteiger partial charge in [0.15, 0.2) is 5.82 Å². The molecular formula is C16H23N3O. The van der Waals surface area contributed by atoms with Crippen molar-refractivity contribution in [2.24, 2.45) is 5.92 Å². The second kappa shape index (κ2) is 7.20. The third kappa shape index (κ3) is 3.90. The third-order valence-electron chi connectivity index (χ3n) is 3.08. The summed E-state index contributed by atoms with van der Waals surface area (Å²) in [5.74, 6) is 1.45. The van der Waals surface area contributed by atoms with Crippen LogP contribution in [0.3, 0.4) is 0 Å². The monoisotopic (exact) mass is 273 g/mol. The summed E-state index contributed by atoms with van der Waals surface area (Å²) in [6.45, 7) is 8.76. The average molecular weight is 273 g/mol. The number of hydrogen-bond donors (Lipinski definition) is 1. The number of hydrogen-bond acceptors (Lipinski definition) is 4. The quantitative estimate of drug-likeness (QED) is 0.785. The lowest BCUT2D eigenvalue weighted by Gasteiger charge is -2.10. The summed E-state index contributed by atoms with van der Waals surface area (Å²) in [5.41, 5.74) is 0.964. The zero-order chi connectivity index (χ0) is 14.4. The highest BCUT2D eigenvalue weighted by molar-refractivity contribution is 5.92. The van der Waals surface area contributed by atoms with Crippen LogP contribution in [0.5, 0.6) is 0 Å². The first-order valence-electron chi connectivity index (χ1n) is 7.22. The van der Waals surface area contributed by atoms with Gasteiger partial charge in [0.25, 0.3) is 0 Å². The van der Waals surface area contributed by atoms with Gasteiger partial charge < -0.3 is 10.1 Å². The summed E-state index contributed by atoms with van der Waals surface area (Å²) in [4.78, 5) is 0. The Morgan fingerprint density at radius 2 is 1.90 bits per heavy atom. The topological polar surface area (TPSA) is 47.0 Å². The van der Waals surface area contributed by atoms with E-state index in [1.54, 1.807) is 0 Å². The van der Waals surface area contributed by atoms with Crippen molar-refractivity contribution in [1.82, 2.24) is 10.2 Å². The minimum atomic E-state index is 0.592. The fourth-order valence-corrected chi connectivity index (χ4v) is 2.07. The molecule has 1 aromatic heterocycles. The molecule has 0 atom stereocenters. The summed E-state index contributed by atoms with van der Waals surface area (Å²) < 4.78 is 5.56. The van der Waals surface area contributed by atoms with Crippen molar-refractivity contribution in [3.63, 3.8) is 0 Å². The van der Waals surface area contributed by atoms with Gasteiger partial charge in [-0.3, -0.25) is 0 Å². The molecule has 4 nitrogen and oxygen atoms in total. The van der Waals surface area contributed by atoms with Crippen LogP contribution in [-0.2, 0) is 4.74 Å². The Kier molecular flexibility index (Phi) is 5.30. The fraction of sp³-hybridized carbons (Fsp3) is 0.500. The van der Waals surface area contributed by atoms with E-state index in [0.717, 1.165) is 48.5 Å². The van der Waals surface area contributed by atoms with Gasteiger partial charge in [-0.15, -0.1) is 5.10 Å². The van der Waals surface area contributed by atoms with Crippen LogP contribution in [0.2, 0.25) is 0 Å². The van der Waals surface area contributed by atoms with Crippen LogP contribution in [0, 0.1) is 12.8 Å². The number of nitrogens with zero attached hydrogens (tertiary/aromatic N) is 2. The maximum atomic E-state index is 5.56. The van der Waals surface area contributed by atoms with Gasteiger partial charge in [-0.25, -0.2) is 0 Å². The first kappa shape index (κ1) is 14.7. The normalized spacial score (nSPS) is 11.2. The van der Waals surface area contributed by atoms with Crippen LogP contribution in [-0.4, -0.2) is 30.0 Å². The van der Waals surface area contributed by atoms with Crippen LogP contribution in [0.25, 0.3) is 10.8 Å². The Morgan fingerprint density at radius 3 is 2.65 bits per heavy atom. The lowest BCUT2D eigenvalue weighted by Crippen LogP contribution is -2.10. The smallest absolute Gasteiger partial charge is 0.156 e. The Hall–Kier alpha value is -1.68. The summed E-state index contributed by atoms with van der Waals surface area (Å²) in [5, 5.41) is 14.1. The molecule has 1 heterocycles. The largest absolute Gasteiger partial charge is 0.381 e. The fourth-order valence-electron chi connectivity index (χ4n) is 2.07. The number of anilines is 1. The molecule has 0 bridgehead atoms. The molecule has 0 unspecified atom stereocenters. The van der Waals surface area contributed by atoms with Crippen molar-refractivity contribution in [3.8, 4) is 0 Å². The number of nitrogens with one attached hydrogen (secondary N) is 1. The van der Waals surface area contributed by atoms with Gasteiger partial charge in [0.05, 0.1) is 5.69 Å². The Balaban J connectivity index is 1.89. The first-order valence-corrected chi connectivity index (χ1v) is 7.22. The van der Waals surface area contributed by atoms with E-state index in [2.05, 4.69) is 41.5 Å². The predicted molar refractivity (Wildman–Crippen MR) is 83.0 cm³/mol. The number of aryl methyl sites for hydroxylation is 1. The number of benzene rings is 1. The van der Waals surface area contributed by atoms with E-state index in [9.17, 15) is 0 Å². The Morgan fingerprint density at radius 1 is 1.15 bits per heavy atom. The lowest BCUT2D eigenvalue weighted by molar-refractivity contribution is 0.110. The molecule has 1 aromatic carbocycles. The number of rotatable bonds is 7. The maximum absolute atomic E-state index is 5.56. The highest BCUT2D eigenvalue weighted by Gasteiger charge is 2.05. The minimum Gasteiger partial charge on any atom is -0.381 e. The zero-order valence-electron chi connectivity index (χ0n) is 12.5. The molecule has 0 radical (unpaired) electrons. The van der Waals surface area contributed by atoms with Crippen molar-refractivity contribution in [2.45, 2.75) is 27.2 Å². The molecule has 108 valence electrons. The van der Waals surface area contributed by atoms with E-state index < -0.39 is 0 Å². The Bertz CT molecular complexity index is 554. The van der Waals surface area contributed by atoms with Gasteiger partial charge >= 0.3 is 0 Å². The average Bonchev–Trinajstić information content (AvgIpc) is 2.45. The highest BCUT2D eigenvalue weighted by atomic mass is 16.5. The molecule has 0 amide bonds. The van der Waals surface area contributed by atoms with E-state index >= 15 is 0 Å². The maximum Gasteiger partial charge on any atom is 0.156 e. The van der Waals surface area contributed by atoms with Gasteiger partial charge in [-0.1, -0.05) is 38.1 Å². The van der Waals surface area contributed by atoms with Crippen LogP contribution in [0.4, 0.5) is 5.82 Å². The molecule has 0 saturated carbocycles. The standard InChI is InChI=1S/C16H23N3O/c1-12(2)11-20-10-6-9-17-16-15-8-5-4-7-14(15)13(3)18-19-16/h4-5,7-8,12H,6,9-11H2,1-3H3,(H,17,19). The first-order chi connectivity index (χ1) is 9.68. The third-order valence-corrected chi connectivity index (χ3v) is 3.08. The van der Waals surface area contributed by atoms with Crippen molar-refractivity contribution in [1.29, 1.82) is 0 Å². The van der Waals surface area contributed by atoms with Crippen LogP contribution < -0.4 is 5.32 Å². The van der Waals surface area contributed by atoms with E-state index in [1.165, 1.54) is 0 Å². The molecule has 2 rings (SSSR count). The van der Waals surface area contributed by atoms with Crippen LogP contribution in [0.1, 0.15) is 26.0 Å². The number of fused-ring (bicyclic) bond motifs is 1. The molecule has 1 N–H and O–H groups in total. The van der Waals surface area contributed by atoms with Crippen molar-refractivity contribution >= 4 is 16.6 Å². The van der Waals surface area contributed by atoms with E-state index in [0.29, 0.717) is 5.92 Å². The molecule has 0 aliphatic rings. The summed E-state index contributed by atoms with van der Waals surface area (Å²) in [6.07, 6.45) is 0.969. The van der Waals surface area contributed by atoms with E-state index in [-0.39, 0.29) is 0 Å². The van der Waals surface area contributed by atoms with Crippen LogP contribution in [0.15, 0.2) is 24.3 Å². The van der Waals surface area contributed by atoms with Gasteiger partial charge in [0.1, 0.15) is 0 Å². The molecule has 0 spiro atoms. The van der Waals surface area contributed by atoms with Crippen molar-refractivity contribution in [3.05, 3.63) is 30.0 Å². The van der Waals surface area contributed by atoms with Crippen LogP contribution >= 0.6 is 0 Å². The lowest BCUT2D eigenvalue weighted by atomic mass is 10.1. The van der Waals surface area contributed by atoms with Gasteiger partial charge in [-0.05, 0) is 19.3 Å². The molecule has 20 heavy (non-hydrogen) atoms. The second-order valence-corrected chi connectivity index (χ2v) is 5.43. The number of aromatic nitrogens is 2. The Labute approximate surface area is 120 Å². The molecular weight excluding hydrogens is 250 g/mol. The minimum absolute atomic E-state index is 0.592. The van der Waals surface area contributed by atoms with E-state index in [1.807, 2.05) is 19.1 Å². The molecule has 0 saturated heterocycles. The zero-order valence-corrected chi connectivity index (χ0v) is 12.5. The molecule has 0 aliphatic heterocycles. The number of ether oxygens (including phenoxy) is 1. The molecule has 0 fully saturated rings. The van der Waals surface area contributed by atoms with E-state index in [4.69, 9.17) is 4.74 Å². The highest BCUT2D eigenvalue weighted by Crippen LogP contribution is 2.21. The molecule has 0 aliphatic carbocycles. The van der Waals surface area contributed by atoms with Crippen molar-refractivity contribution in [2.75, 3.05) is 25.1 Å². The molecule has 2 aromatic rings. The second-order valence-electron chi connectivity index (χ2n) is 5.43. The summed E-state index contributed by atoms with van der Waals surface area (Å²) in [7, 11) is 0. The van der Waals surface area contributed by atoms with Gasteiger partial charge in [-0.2, -0.15) is 5.10 Å². The molecule has 4 heteroatoms.